The summed E-state index contributed by atoms with van der Waals surface area (Å²) >= 11 is 0. The van der Waals surface area contributed by atoms with E-state index in [0.717, 1.165) is 26.2 Å². The summed E-state index contributed by atoms with van der Waals surface area (Å²) in [5, 5.41) is 3.49. The van der Waals surface area contributed by atoms with Crippen LogP contribution in [0.5, 0.6) is 0 Å². The molecule has 4 heteroatoms. The molecule has 1 saturated carbocycles. The largest absolute Gasteiger partial charge is 0.313 e. The predicted octanol–water partition coefficient (Wildman–Crippen LogP) is 3.13. The lowest BCUT2D eigenvalue weighted by Crippen LogP contribution is -2.41. The molecule has 1 aliphatic rings. The Morgan fingerprint density at radius 2 is 1.78 bits per heavy atom. The van der Waals surface area contributed by atoms with Crippen LogP contribution in [0.25, 0.3) is 0 Å². The first-order chi connectivity index (χ1) is 8.46. The molecular weight excluding hydrogens is 234 g/mol. The zero-order valence-corrected chi connectivity index (χ0v) is 12.0. The van der Waals surface area contributed by atoms with Crippen LogP contribution < -0.4 is 5.32 Å². The third kappa shape index (κ3) is 5.61. The maximum Gasteiger partial charge on any atom is 0.248 e. The second kappa shape index (κ2) is 7.39. The van der Waals surface area contributed by atoms with Crippen molar-refractivity contribution in [3.8, 4) is 0 Å². The van der Waals surface area contributed by atoms with Crippen molar-refractivity contribution in [2.24, 2.45) is 5.92 Å². The maximum atomic E-state index is 13.0. The highest BCUT2D eigenvalue weighted by atomic mass is 19.3. The van der Waals surface area contributed by atoms with Gasteiger partial charge in [0.25, 0.3) is 0 Å². The van der Waals surface area contributed by atoms with Gasteiger partial charge in [0.05, 0.1) is 0 Å². The van der Waals surface area contributed by atoms with E-state index in [1.165, 1.54) is 0 Å². The second-order valence-electron chi connectivity index (χ2n) is 5.59. The highest BCUT2D eigenvalue weighted by Gasteiger charge is 2.34. The summed E-state index contributed by atoms with van der Waals surface area (Å²) in [5.41, 5.74) is 0. The van der Waals surface area contributed by atoms with E-state index < -0.39 is 5.92 Å². The van der Waals surface area contributed by atoms with E-state index in [4.69, 9.17) is 0 Å². The van der Waals surface area contributed by atoms with E-state index in [1.807, 2.05) is 0 Å². The summed E-state index contributed by atoms with van der Waals surface area (Å²) in [5.74, 6) is -1.97. The van der Waals surface area contributed by atoms with Gasteiger partial charge in [0, 0.05) is 25.4 Å². The number of hydrogen-bond donors (Lipinski definition) is 1. The minimum absolute atomic E-state index is 0.0732. The van der Waals surface area contributed by atoms with E-state index in [2.05, 4.69) is 31.0 Å². The Hall–Kier alpha value is -0.220. The fourth-order valence-electron chi connectivity index (χ4n) is 2.61. The Morgan fingerprint density at radius 1 is 1.22 bits per heavy atom. The Bertz CT molecular complexity index is 220. The average Bonchev–Trinajstić information content (AvgIpc) is 2.34. The number of rotatable bonds is 7. The van der Waals surface area contributed by atoms with Crippen molar-refractivity contribution in [2.75, 3.05) is 26.2 Å². The lowest BCUT2D eigenvalue weighted by atomic mass is 9.86. The Balaban J connectivity index is 2.17. The van der Waals surface area contributed by atoms with E-state index in [-0.39, 0.29) is 12.8 Å². The number of alkyl halides is 2. The monoisotopic (exact) mass is 262 g/mol. The van der Waals surface area contributed by atoms with Gasteiger partial charge in [0.1, 0.15) is 0 Å². The second-order valence-corrected chi connectivity index (χ2v) is 5.59. The van der Waals surface area contributed by atoms with Gasteiger partial charge in [-0.3, -0.25) is 0 Å². The van der Waals surface area contributed by atoms with Crippen molar-refractivity contribution in [3.63, 3.8) is 0 Å². The van der Waals surface area contributed by atoms with Crippen molar-refractivity contribution in [1.29, 1.82) is 0 Å². The molecule has 18 heavy (non-hydrogen) atoms. The number of nitrogens with one attached hydrogen (secondary N) is 1. The molecule has 1 aliphatic carbocycles. The van der Waals surface area contributed by atoms with Crippen LogP contribution in [0, 0.1) is 5.92 Å². The van der Waals surface area contributed by atoms with Gasteiger partial charge in [-0.2, -0.15) is 0 Å². The molecule has 0 heterocycles. The third-order valence-electron chi connectivity index (χ3n) is 4.02. The van der Waals surface area contributed by atoms with Gasteiger partial charge in [0.2, 0.25) is 5.92 Å². The molecule has 0 aromatic heterocycles. The van der Waals surface area contributed by atoms with Crippen LogP contribution in [0.3, 0.4) is 0 Å². The van der Waals surface area contributed by atoms with Gasteiger partial charge >= 0.3 is 0 Å². The summed E-state index contributed by atoms with van der Waals surface area (Å²) in [6.45, 7) is 10.6. The fraction of sp³-hybridized carbons (Fsp3) is 1.00. The normalized spacial score (nSPS) is 22.3. The number of hydrogen-bond acceptors (Lipinski definition) is 2. The van der Waals surface area contributed by atoms with Gasteiger partial charge in [-0.1, -0.05) is 13.8 Å². The molecular formula is C14H28F2N2. The Morgan fingerprint density at radius 3 is 2.28 bits per heavy atom. The van der Waals surface area contributed by atoms with Crippen LogP contribution in [-0.2, 0) is 0 Å². The van der Waals surface area contributed by atoms with E-state index in [1.54, 1.807) is 0 Å². The molecule has 0 amide bonds. The van der Waals surface area contributed by atoms with Crippen LogP contribution in [0.2, 0.25) is 0 Å². The smallest absolute Gasteiger partial charge is 0.248 e. The van der Waals surface area contributed by atoms with Crippen LogP contribution in [0.4, 0.5) is 8.78 Å². The fourth-order valence-corrected chi connectivity index (χ4v) is 2.61. The Kier molecular flexibility index (Phi) is 6.50. The molecule has 1 N–H and O–H groups in total. The van der Waals surface area contributed by atoms with Crippen LogP contribution in [0.1, 0.15) is 46.5 Å². The summed E-state index contributed by atoms with van der Waals surface area (Å²) in [6, 6.07) is 0.437. The van der Waals surface area contributed by atoms with Gasteiger partial charge in [0.15, 0.2) is 0 Å². The summed E-state index contributed by atoms with van der Waals surface area (Å²) < 4.78 is 26.0. The van der Waals surface area contributed by atoms with Crippen molar-refractivity contribution in [1.82, 2.24) is 10.2 Å². The van der Waals surface area contributed by atoms with Crippen molar-refractivity contribution >= 4 is 0 Å². The van der Waals surface area contributed by atoms with E-state index in [9.17, 15) is 8.78 Å². The number of likely N-dealkylation sites (N-methyl/N-ethyl adjacent to an activating group) is 1. The molecule has 0 aliphatic heterocycles. The predicted molar refractivity (Wildman–Crippen MR) is 72.2 cm³/mol. The minimum atomic E-state index is -2.40. The SMILES string of the molecule is CCN(CC)CC(C)NCC1CCC(F)(F)CC1. The highest BCUT2D eigenvalue weighted by molar-refractivity contribution is 4.79. The summed E-state index contributed by atoms with van der Waals surface area (Å²) in [6.07, 6.45) is 1.48. The van der Waals surface area contributed by atoms with Crippen molar-refractivity contribution < 1.29 is 8.78 Å². The van der Waals surface area contributed by atoms with Crippen molar-refractivity contribution in [2.45, 2.75) is 58.4 Å². The van der Waals surface area contributed by atoms with Crippen LogP contribution >= 0.6 is 0 Å². The van der Waals surface area contributed by atoms with E-state index in [0.29, 0.717) is 24.8 Å². The lowest BCUT2D eigenvalue weighted by molar-refractivity contribution is -0.0456. The first kappa shape index (κ1) is 15.8. The summed E-state index contributed by atoms with van der Waals surface area (Å²) in [4.78, 5) is 2.38. The lowest BCUT2D eigenvalue weighted by Gasteiger charge is -2.30. The molecule has 2 nitrogen and oxygen atoms in total. The Labute approximate surface area is 110 Å². The first-order valence-electron chi connectivity index (χ1n) is 7.30. The quantitative estimate of drug-likeness (QED) is 0.758. The highest BCUT2D eigenvalue weighted by Crippen LogP contribution is 2.35. The van der Waals surface area contributed by atoms with Gasteiger partial charge in [-0.15, -0.1) is 0 Å². The molecule has 1 rings (SSSR count). The zero-order chi connectivity index (χ0) is 13.6. The minimum Gasteiger partial charge on any atom is -0.313 e. The van der Waals surface area contributed by atoms with Crippen molar-refractivity contribution in [3.05, 3.63) is 0 Å². The third-order valence-corrected chi connectivity index (χ3v) is 4.02. The topological polar surface area (TPSA) is 15.3 Å². The summed E-state index contributed by atoms with van der Waals surface area (Å²) in [7, 11) is 0. The van der Waals surface area contributed by atoms with Crippen LogP contribution in [-0.4, -0.2) is 43.0 Å². The molecule has 1 fully saturated rings. The molecule has 108 valence electrons. The number of halogens is 2. The molecule has 1 atom stereocenters. The molecule has 1 unspecified atom stereocenters. The first-order valence-corrected chi connectivity index (χ1v) is 7.30. The molecule has 0 aromatic rings. The van der Waals surface area contributed by atoms with Crippen LogP contribution in [0.15, 0.2) is 0 Å². The van der Waals surface area contributed by atoms with Gasteiger partial charge in [-0.05, 0) is 45.3 Å². The molecule has 0 aromatic carbocycles. The molecule has 0 saturated heterocycles. The average molecular weight is 262 g/mol. The van der Waals surface area contributed by atoms with E-state index >= 15 is 0 Å². The van der Waals surface area contributed by atoms with Gasteiger partial charge < -0.3 is 10.2 Å². The maximum absolute atomic E-state index is 13.0. The van der Waals surface area contributed by atoms with Gasteiger partial charge in [-0.25, -0.2) is 8.78 Å². The molecule has 0 spiro atoms. The molecule has 0 radical (unpaired) electrons. The zero-order valence-electron chi connectivity index (χ0n) is 12.0. The molecule has 0 bridgehead atoms. The number of nitrogens with zero attached hydrogens (tertiary/aromatic N) is 1. The standard InChI is InChI=1S/C14H28F2N2/c1-4-18(5-2)11-12(3)17-10-13-6-8-14(15,16)9-7-13/h12-13,17H,4-11H2,1-3H3.